The number of rotatable bonds is 9. The molecule has 0 spiro atoms. The van der Waals surface area contributed by atoms with Gasteiger partial charge in [0, 0.05) is 5.69 Å². The minimum absolute atomic E-state index is 0.220. The van der Waals surface area contributed by atoms with Gasteiger partial charge in [0.2, 0.25) is 5.91 Å². The van der Waals surface area contributed by atoms with Gasteiger partial charge in [-0.1, -0.05) is 30.9 Å². The largest absolute Gasteiger partial charge is 0.490 e. The molecule has 1 N–H and O–H groups in total. The Morgan fingerprint density at radius 1 is 1.24 bits per heavy atom. The molecule has 0 radical (unpaired) electrons. The van der Waals surface area contributed by atoms with Crippen LogP contribution in [0.5, 0.6) is 11.5 Å². The molecule has 2 aromatic carbocycles. The monoisotopic (exact) mass is 530 g/mol. The van der Waals surface area contributed by atoms with E-state index >= 15 is 0 Å². The lowest BCUT2D eigenvalue weighted by Crippen LogP contribution is -2.36. The van der Waals surface area contributed by atoms with Crippen molar-refractivity contribution in [1.82, 2.24) is 4.90 Å². The van der Waals surface area contributed by atoms with Crippen molar-refractivity contribution in [3.8, 4) is 11.5 Å². The maximum absolute atomic E-state index is 12.8. The van der Waals surface area contributed by atoms with Crippen LogP contribution in [0.1, 0.15) is 18.1 Å². The van der Waals surface area contributed by atoms with Crippen molar-refractivity contribution in [1.29, 1.82) is 0 Å². The van der Waals surface area contributed by atoms with Crippen LogP contribution in [-0.2, 0) is 9.59 Å². The Labute approximate surface area is 204 Å². The third-order valence-electron chi connectivity index (χ3n) is 4.57. The van der Waals surface area contributed by atoms with E-state index in [1.54, 1.807) is 36.4 Å². The summed E-state index contributed by atoms with van der Waals surface area (Å²) in [5, 5.41) is 2.24. The maximum atomic E-state index is 12.8. The summed E-state index contributed by atoms with van der Waals surface area (Å²) in [6.45, 7) is 7.72. The van der Waals surface area contributed by atoms with E-state index in [2.05, 4.69) is 27.8 Å². The zero-order chi connectivity index (χ0) is 24.0. The lowest BCUT2D eigenvalue weighted by atomic mass is 10.2. The molecule has 3 rings (SSSR count). The molecule has 172 valence electrons. The molecule has 1 fully saturated rings. The van der Waals surface area contributed by atoms with Gasteiger partial charge in [0.1, 0.15) is 13.2 Å². The summed E-state index contributed by atoms with van der Waals surface area (Å²) < 4.78 is 12.0. The van der Waals surface area contributed by atoms with Crippen LogP contribution >= 0.6 is 27.7 Å². The van der Waals surface area contributed by atoms with Crippen LogP contribution in [0.25, 0.3) is 6.08 Å². The molecule has 1 saturated heterocycles. The number of halogens is 1. The van der Waals surface area contributed by atoms with Crippen LogP contribution in [0, 0.1) is 6.92 Å². The number of aryl methyl sites for hydroxylation is 1. The first-order valence-electron chi connectivity index (χ1n) is 10.1. The van der Waals surface area contributed by atoms with Gasteiger partial charge >= 0.3 is 0 Å². The number of amides is 3. The summed E-state index contributed by atoms with van der Waals surface area (Å²) in [5.74, 6) is 0.0515. The fourth-order valence-electron chi connectivity index (χ4n) is 3.05. The highest BCUT2D eigenvalue weighted by atomic mass is 79.9. The van der Waals surface area contributed by atoms with Crippen LogP contribution in [0.4, 0.5) is 10.5 Å². The van der Waals surface area contributed by atoms with E-state index in [1.165, 1.54) is 0 Å². The second-order valence-corrected chi connectivity index (χ2v) is 8.84. The average molecular weight is 531 g/mol. The van der Waals surface area contributed by atoms with Gasteiger partial charge in [-0.25, -0.2) is 0 Å². The number of carbonyl (C=O) groups excluding carboxylic acids is 3. The average Bonchev–Trinajstić information content (AvgIpc) is 3.02. The van der Waals surface area contributed by atoms with E-state index in [0.717, 1.165) is 22.2 Å². The first kappa shape index (κ1) is 24.6. The van der Waals surface area contributed by atoms with Crippen LogP contribution in [0.3, 0.4) is 0 Å². The van der Waals surface area contributed by atoms with Crippen molar-refractivity contribution >= 4 is 56.5 Å². The molecule has 0 bridgehead atoms. The minimum atomic E-state index is -0.522. The fraction of sp³-hybridized carbons (Fsp3) is 0.208. The maximum Gasteiger partial charge on any atom is 0.294 e. The number of para-hydroxylation sites is 1. The van der Waals surface area contributed by atoms with Gasteiger partial charge in [-0.3, -0.25) is 19.3 Å². The molecule has 3 amide bonds. The van der Waals surface area contributed by atoms with Gasteiger partial charge in [-0.15, -0.1) is 0 Å². The Morgan fingerprint density at radius 3 is 2.70 bits per heavy atom. The summed E-state index contributed by atoms with van der Waals surface area (Å²) >= 11 is 4.26. The summed E-state index contributed by atoms with van der Waals surface area (Å²) in [6, 6.07) is 10.8. The number of thioether (sulfide) groups is 1. The number of nitrogens with one attached hydrogen (secondary N) is 1. The second kappa shape index (κ2) is 11.2. The highest BCUT2D eigenvalue weighted by Crippen LogP contribution is 2.39. The Hall–Kier alpha value is -3.04. The third-order valence-corrected chi connectivity index (χ3v) is 6.07. The van der Waals surface area contributed by atoms with Gasteiger partial charge in [0.05, 0.1) is 16.0 Å². The van der Waals surface area contributed by atoms with Crippen LogP contribution in [0.15, 0.2) is 58.4 Å². The van der Waals surface area contributed by atoms with Crippen LogP contribution < -0.4 is 14.8 Å². The smallest absolute Gasteiger partial charge is 0.294 e. The van der Waals surface area contributed by atoms with Crippen molar-refractivity contribution in [3.05, 3.63) is 69.6 Å². The predicted octanol–water partition coefficient (Wildman–Crippen LogP) is 5.40. The normalized spacial score (nSPS) is 14.5. The van der Waals surface area contributed by atoms with Gasteiger partial charge in [-0.05, 0) is 76.9 Å². The number of hydrogen-bond donors (Lipinski definition) is 1. The number of imide groups is 1. The first-order chi connectivity index (χ1) is 15.8. The summed E-state index contributed by atoms with van der Waals surface area (Å²) in [5.41, 5.74) is 2.17. The van der Waals surface area contributed by atoms with E-state index in [4.69, 9.17) is 9.47 Å². The van der Waals surface area contributed by atoms with E-state index in [1.807, 2.05) is 26.0 Å². The Kier molecular flexibility index (Phi) is 8.35. The Balaban J connectivity index is 1.78. The molecule has 0 saturated carbocycles. The van der Waals surface area contributed by atoms with E-state index < -0.39 is 17.1 Å². The summed E-state index contributed by atoms with van der Waals surface area (Å²) in [4.78, 5) is 38.9. The van der Waals surface area contributed by atoms with Crippen molar-refractivity contribution in [2.24, 2.45) is 0 Å². The van der Waals surface area contributed by atoms with Crippen molar-refractivity contribution in [2.75, 3.05) is 25.1 Å². The lowest BCUT2D eigenvalue weighted by molar-refractivity contribution is -0.127. The SMILES string of the molecule is C=CCOc1c(Br)cc(/C=C2/SC(=O)N(CC(=O)Nc3ccccc3C)C2=O)cc1OCC. The molecule has 0 unspecified atom stereocenters. The van der Waals surface area contributed by atoms with Crippen LogP contribution in [-0.4, -0.2) is 41.7 Å². The van der Waals surface area contributed by atoms with Gasteiger partial charge in [-0.2, -0.15) is 0 Å². The van der Waals surface area contributed by atoms with E-state index in [0.29, 0.717) is 40.4 Å². The molecular weight excluding hydrogens is 508 g/mol. The number of carbonyl (C=O) groups is 3. The number of benzene rings is 2. The Bertz CT molecular complexity index is 1130. The predicted molar refractivity (Wildman–Crippen MR) is 133 cm³/mol. The second-order valence-electron chi connectivity index (χ2n) is 6.99. The summed E-state index contributed by atoms with van der Waals surface area (Å²) in [7, 11) is 0. The highest BCUT2D eigenvalue weighted by molar-refractivity contribution is 9.10. The molecule has 0 aromatic heterocycles. The van der Waals surface area contributed by atoms with Crippen molar-refractivity contribution < 1.29 is 23.9 Å². The number of hydrogen-bond acceptors (Lipinski definition) is 6. The molecule has 0 atom stereocenters. The zero-order valence-electron chi connectivity index (χ0n) is 18.2. The molecule has 1 heterocycles. The van der Waals surface area contributed by atoms with E-state index in [-0.39, 0.29) is 11.4 Å². The molecular formula is C24H23BrN2O5S. The van der Waals surface area contributed by atoms with Gasteiger partial charge in [0.25, 0.3) is 11.1 Å². The Morgan fingerprint density at radius 2 is 2.00 bits per heavy atom. The number of nitrogens with zero attached hydrogens (tertiary/aromatic N) is 1. The van der Waals surface area contributed by atoms with Crippen LogP contribution in [0.2, 0.25) is 0 Å². The topological polar surface area (TPSA) is 84.9 Å². The van der Waals surface area contributed by atoms with Crippen molar-refractivity contribution in [2.45, 2.75) is 13.8 Å². The standard InChI is InChI=1S/C24H23BrN2O5S/c1-4-10-32-22-17(25)11-16(12-19(22)31-5-2)13-20-23(29)27(24(30)33-20)14-21(28)26-18-9-7-6-8-15(18)3/h4,6-9,11-13H,1,5,10,14H2,2-3H3,(H,26,28)/b20-13+. The fourth-order valence-corrected chi connectivity index (χ4v) is 4.46. The third kappa shape index (κ3) is 6.06. The van der Waals surface area contributed by atoms with Gasteiger partial charge in [0.15, 0.2) is 11.5 Å². The summed E-state index contributed by atoms with van der Waals surface area (Å²) in [6.07, 6.45) is 3.22. The number of ether oxygens (including phenoxy) is 2. The molecule has 0 aliphatic carbocycles. The van der Waals surface area contributed by atoms with E-state index in [9.17, 15) is 14.4 Å². The molecule has 2 aromatic rings. The zero-order valence-corrected chi connectivity index (χ0v) is 20.6. The van der Waals surface area contributed by atoms with Crippen molar-refractivity contribution in [3.63, 3.8) is 0 Å². The minimum Gasteiger partial charge on any atom is -0.490 e. The molecule has 1 aliphatic heterocycles. The molecule has 7 nitrogen and oxygen atoms in total. The molecule has 9 heteroatoms. The molecule has 1 aliphatic rings. The molecule has 33 heavy (non-hydrogen) atoms. The quantitative estimate of drug-likeness (QED) is 0.345. The van der Waals surface area contributed by atoms with Gasteiger partial charge < -0.3 is 14.8 Å². The lowest BCUT2D eigenvalue weighted by Gasteiger charge is -2.14. The first-order valence-corrected chi connectivity index (χ1v) is 11.8. The highest BCUT2D eigenvalue weighted by Gasteiger charge is 2.36. The number of anilines is 1.